The van der Waals surface area contributed by atoms with Gasteiger partial charge < -0.3 is 9.42 Å². The zero-order chi connectivity index (χ0) is 20.8. The van der Waals surface area contributed by atoms with Crippen molar-refractivity contribution in [2.75, 3.05) is 11.4 Å². The summed E-state index contributed by atoms with van der Waals surface area (Å²) < 4.78 is 57.5. The highest BCUT2D eigenvalue weighted by atomic mass is 19.4. The van der Waals surface area contributed by atoms with E-state index in [2.05, 4.69) is 10.1 Å². The molecule has 0 saturated carbocycles. The summed E-state index contributed by atoms with van der Waals surface area (Å²) in [7, 11) is 0. The van der Waals surface area contributed by atoms with Crippen LogP contribution in [0.15, 0.2) is 47.0 Å². The van der Waals surface area contributed by atoms with Crippen LogP contribution in [0, 0.1) is 12.7 Å². The van der Waals surface area contributed by atoms with Crippen LogP contribution in [0.4, 0.5) is 23.2 Å². The van der Waals surface area contributed by atoms with E-state index in [0.717, 1.165) is 17.7 Å². The molecule has 1 aliphatic heterocycles. The Morgan fingerprint density at radius 2 is 1.86 bits per heavy atom. The number of aromatic nitrogens is 2. The Kier molecular flexibility index (Phi) is 4.60. The first-order chi connectivity index (χ1) is 13.7. The van der Waals surface area contributed by atoms with Crippen molar-refractivity contribution in [3.63, 3.8) is 0 Å². The fraction of sp³-hybridized carbons (Fsp3) is 0.250. The van der Waals surface area contributed by atoms with E-state index in [9.17, 15) is 22.4 Å². The van der Waals surface area contributed by atoms with Crippen LogP contribution in [0.3, 0.4) is 0 Å². The van der Waals surface area contributed by atoms with Gasteiger partial charge in [0.1, 0.15) is 5.82 Å². The van der Waals surface area contributed by atoms with E-state index in [4.69, 9.17) is 4.52 Å². The summed E-state index contributed by atoms with van der Waals surface area (Å²) in [5.41, 5.74) is 0.513. The summed E-state index contributed by atoms with van der Waals surface area (Å²) in [6.07, 6.45) is -4.36. The quantitative estimate of drug-likeness (QED) is 0.592. The minimum Gasteiger partial charge on any atom is -0.339 e. The Balaban J connectivity index is 1.53. The number of anilines is 1. The van der Waals surface area contributed by atoms with Gasteiger partial charge in [0, 0.05) is 18.5 Å². The van der Waals surface area contributed by atoms with Gasteiger partial charge in [-0.3, -0.25) is 4.79 Å². The molecule has 1 saturated heterocycles. The average molecular weight is 405 g/mol. The highest BCUT2D eigenvalue weighted by Crippen LogP contribution is 2.34. The van der Waals surface area contributed by atoms with E-state index < -0.39 is 23.5 Å². The van der Waals surface area contributed by atoms with E-state index in [1.165, 1.54) is 23.1 Å². The largest absolute Gasteiger partial charge is 0.416 e. The summed E-state index contributed by atoms with van der Waals surface area (Å²) in [6, 6.07) is 9.00. The van der Waals surface area contributed by atoms with Crippen LogP contribution in [0.2, 0.25) is 0 Å². The number of nitrogens with zero attached hydrogens (tertiary/aromatic N) is 3. The van der Waals surface area contributed by atoms with E-state index >= 15 is 0 Å². The summed E-state index contributed by atoms with van der Waals surface area (Å²) in [6.45, 7) is 1.93. The van der Waals surface area contributed by atoms with Crippen molar-refractivity contribution in [3.05, 3.63) is 65.3 Å². The molecule has 0 aliphatic carbocycles. The Morgan fingerprint density at radius 3 is 2.52 bits per heavy atom. The van der Waals surface area contributed by atoms with Gasteiger partial charge in [-0.1, -0.05) is 23.4 Å². The van der Waals surface area contributed by atoms with Gasteiger partial charge in [-0.15, -0.1) is 0 Å². The fourth-order valence-corrected chi connectivity index (χ4v) is 3.26. The van der Waals surface area contributed by atoms with Gasteiger partial charge in [0.15, 0.2) is 0 Å². The molecule has 4 rings (SSSR count). The van der Waals surface area contributed by atoms with Gasteiger partial charge in [-0.2, -0.15) is 18.2 Å². The van der Waals surface area contributed by atoms with E-state index in [1.807, 2.05) is 0 Å². The first kappa shape index (κ1) is 19.1. The number of rotatable bonds is 3. The molecule has 2 heterocycles. The fourth-order valence-electron chi connectivity index (χ4n) is 3.26. The number of carbonyl (C=O) groups is 1. The zero-order valence-electron chi connectivity index (χ0n) is 15.2. The van der Waals surface area contributed by atoms with Crippen LogP contribution in [0.1, 0.15) is 29.4 Å². The van der Waals surface area contributed by atoms with Crippen LogP contribution in [0.25, 0.3) is 11.4 Å². The van der Waals surface area contributed by atoms with Crippen LogP contribution in [0.5, 0.6) is 0 Å². The maximum Gasteiger partial charge on any atom is 0.416 e. The number of hydrogen-bond acceptors (Lipinski definition) is 4. The summed E-state index contributed by atoms with van der Waals surface area (Å²) in [4.78, 5) is 17.9. The standard InChI is InChI=1S/C20H15F4N3O2/c1-11-2-7-16(15(21)8-11)27-10-13(9-17(27)28)19-25-18(26-29-19)12-3-5-14(6-4-12)20(22,23)24/h2-8,13H,9-10H2,1H3. The van der Waals surface area contributed by atoms with Gasteiger partial charge in [-0.25, -0.2) is 4.39 Å². The number of halogens is 4. The number of aryl methyl sites for hydroxylation is 1. The minimum atomic E-state index is -4.43. The van der Waals surface area contributed by atoms with Crippen LogP contribution in [-0.2, 0) is 11.0 Å². The Morgan fingerprint density at radius 1 is 1.14 bits per heavy atom. The molecule has 5 nitrogen and oxygen atoms in total. The lowest BCUT2D eigenvalue weighted by molar-refractivity contribution is -0.137. The minimum absolute atomic E-state index is 0.0714. The Bertz CT molecular complexity index is 1060. The smallest absolute Gasteiger partial charge is 0.339 e. The molecule has 0 spiro atoms. The second kappa shape index (κ2) is 6.98. The molecular formula is C20H15F4N3O2. The van der Waals surface area contributed by atoms with E-state index in [-0.39, 0.29) is 36.3 Å². The third kappa shape index (κ3) is 3.72. The van der Waals surface area contributed by atoms with Gasteiger partial charge in [-0.05, 0) is 36.8 Å². The number of benzene rings is 2. The summed E-state index contributed by atoms with van der Waals surface area (Å²) in [5.74, 6) is -0.884. The van der Waals surface area contributed by atoms with Crippen molar-refractivity contribution in [2.24, 2.45) is 0 Å². The number of amides is 1. The van der Waals surface area contributed by atoms with Gasteiger partial charge in [0.2, 0.25) is 17.6 Å². The lowest BCUT2D eigenvalue weighted by Gasteiger charge is -2.17. The van der Waals surface area contributed by atoms with Crippen molar-refractivity contribution in [2.45, 2.75) is 25.4 Å². The number of alkyl halides is 3. The summed E-state index contributed by atoms with van der Waals surface area (Å²) >= 11 is 0. The molecule has 1 amide bonds. The van der Waals surface area contributed by atoms with Crippen molar-refractivity contribution in [1.29, 1.82) is 0 Å². The monoisotopic (exact) mass is 405 g/mol. The average Bonchev–Trinajstić information content (AvgIpc) is 3.28. The van der Waals surface area contributed by atoms with Crippen LogP contribution >= 0.6 is 0 Å². The van der Waals surface area contributed by atoms with Crippen LogP contribution in [-0.4, -0.2) is 22.6 Å². The second-order valence-corrected chi connectivity index (χ2v) is 6.89. The SMILES string of the molecule is Cc1ccc(N2CC(c3nc(-c4ccc(C(F)(F)F)cc4)no3)CC2=O)c(F)c1. The molecule has 150 valence electrons. The highest BCUT2D eigenvalue weighted by molar-refractivity contribution is 5.96. The molecule has 1 unspecified atom stereocenters. The molecule has 2 aromatic carbocycles. The molecule has 1 aromatic heterocycles. The molecule has 1 atom stereocenters. The van der Waals surface area contributed by atoms with Gasteiger partial charge in [0.05, 0.1) is 17.2 Å². The predicted molar refractivity (Wildman–Crippen MR) is 95.6 cm³/mol. The van der Waals surface area contributed by atoms with E-state index in [0.29, 0.717) is 5.56 Å². The predicted octanol–water partition coefficient (Wildman–Crippen LogP) is 4.72. The second-order valence-electron chi connectivity index (χ2n) is 6.89. The molecule has 0 N–H and O–H groups in total. The zero-order valence-corrected chi connectivity index (χ0v) is 15.2. The molecule has 1 fully saturated rings. The Labute approximate surface area is 162 Å². The summed E-state index contributed by atoms with van der Waals surface area (Å²) in [5, 5.41) is 3.80. The number of carbonyl (C=O) groups excluding carboxylic acids is 1. The van der Waals surface area contributed by atoms with Crippen molar-refractivity contribution >= 4 is 11.6 Å². The highest BCUT2D eigenvalue weighted by Gasteiger charge is 2.36. The van der Waals surface area contributed by atoms with Crippen molar-refractivity contribution in [1.82, 2.24) is 10.1 Å². The van der Waals surface area contributed by atoms with Gasteiger partial charge in [0.25, 0.3) is 0 Å². The number of hydrogen-bond donors (Lipinski definition) is 0. The van der Waals surface area contributed by atoms with Gasteiger partial charge >= 0.3 is 6.18 Å². The molecule has 0 bridgehead atoms. The molecule has 9 heteroatoms. The molecule has 0 radical (unpaired) electrons. The Hall–Kier alpha value is -3.23. The lowest BCUT2D eigenvalue weighted by atomic mass is 10.1. The van der Waals surface area contributed by atoms with Crippen molar-refractivity contribution < 1.29 is 26.9 Å². The lowest BCUT2D eigenvalue weighted by Crippen LogP contribution is -2.25. The maximum absolute atomic E-state index is 14.2. The van der Waals surface area contributed by atoms with E-state index in [1.54, 1.807) is 19.1 Å². The van der Waals surface area contributed by atoms with Crippen molar-refractivity contribution in [3.8, 4) is 11.4 Å². The molecule has 3 aromatic rings. The maximum atomic E-state index is 14.2. The van der Waals surface area contributed by atoms with Crippen LogP contribution < -0.4 is 4.90 Å². The first-order valence-corrected chi connectivity index (χ1v) is 8.80. The first-order valence-electron chi connectivity index (χ1n) is 8.80. The molecular weight excluding hydrogens is 390 g/mol. The molecule has 1 aliphatic rings. The normalized spacial score (nSPS) is 17.2. The molecule has 29 heavy (non-hydrogen) atoms. The third-order valence-corrected chi connectivity index (χ3v) is 4.78. The third-order valence-electron chi connectivity index (χ3n) is 4.78. The topological polar surface area (TPSA) is 59.2 Å².